The number of amides is 1. The van der Waals surface area contributed by atoms with Gasteiger partial charge in [0, 0.05) is 31.0 Å². The summed E-state index contributed by atoms with van der Waals surface area (Å²) in [5.74, 6) is 1.53. The molecule has 9 heteroatoms. The fourth-order valence-corrected chi connectivity index (χ4v) is 2.91. The van der Waals surface area contributed by atoms with E-state index < -0.39 is 5.91 Å². The van der Waals surface area contributed by atoms with Crippen LogP contribution in [0, 0.1) is 0 Å². The van der Waals surface area contributed by atoms with E-state index in [9.17, 15) is 4.79 Å². The predicted molar refractivity (Wildman–Crippen MR) is 104 cm³/mol. The van der Waals surface area contributed by atoms with Crippen LogP contribution in [0.3, 0.4) is 0 Å². The standard InChI is InChI=1S/C19H24N4O5/c1-25-15-7-12(8-16(26-2)18(15)27-3)23-19(24)14-10-22-17(11-20-14)21-9-13-5-4-6-28-13/h7-8,10-11,13H,4-6,9H2,1-3H3,(H,21,22)(H,23,24). The number of methoxy groups -OCH3 is 3. The first-order valence-electron chi connectivity index (χ1n) is 8.93. The number of carbonyl (C=O) groups excluding carboxylic acids is 1. The lowest BCUT2D eigenvalue weighted by atomic mass is 10.2. The Morgan fingerprint density at radius 2 is 1.89 bits per heavy atom. The molecule has 1 aromatic carbocycles. The van der Waals surface area contributed by atoms with Crippen molar-refractivity contribution in [2.24, 2.45) is 0 Å². The summed E-state index contributed by atoms with van der Waals surface area (Å²) in [4.78, 5) is 20.9. The predicted octanol–water partition coefficient (Wildman–Crippen LogP) is 2.35. The Morgan fingerprint density at radius 3 is 2.43 bits per heavy atom. The summed E-state index contributed by atoms with van der Waals surface area (Å²) in [6.45, 7) is 1.48. The van der Waals surface area contributed by atoms with Gasteiger partial charge in [0.05, 0.1) is 39.8 Å². The highest BCUT2D eigenvalue weighted by atomic mass is 16.5. The Labute approximate surface area is 163 Å². The van der Waals surface area contributed by atoms with Crippen molar-refractivity contribution in [3.8, 4) is 17.2 Å². The summed E-state index contributed by atoms with van der Waals surface area (Å²) < 4.78 is 21.4. The molecule has 9 nitrogen and oxygen atoms in total. The third kappa shape index (κ3) is 4.61. The highest BCUT2D eigenvalue weighted by molar-refractivity contribution is 6.03. The second-order valence-corrected chi connectivity index (χ2v) is 6.17. The van der Waals surface area contributed by atoms with E-state index in [1.54, 1.807) is 12.1 Å². The van der Waals surface area contributed by atoms with Gasteiger partial charge in [-0.1, -0.05) is 0 Å². The van der Waals surface area contributed by atoms with Gasteiger partial charge in [-0.25, -0.2) is 9.97 Å². The molecule has 1 aromatic heterocycles. The van der Waals surface area contributed by atoms with E-state index in [1.807, 2.05) is 0 Å². The topological polar surface area (TPSA) is 104 Å². The van der Waals surface area contributed by atoms with E-state index in [4.69, 9.17) is 18.9 Å². The quantitative estimate of drug-likeness (QED) is 0.710. The van der Waals surface area contributed by atoms with Crippen LogP contribution >= 0.6 is 0 Å². The van der Waals surface area contributed by atoms with Crippen molar-refractivity contribution < 1.29 is 23.7 Å². The second-order valence-electron chi connectivity index (χ2n) is 6.17. The second kappa shape index (κ2) is 9.23. The summed E-state index contributed by atoms with van der Waals surface area (Å²) in [6.07, 6.45) is 5.27. The molecule has 1 fully saturated rings. The van der Waals surface area contributed by atoms with Crippen molar-refractivity contribution >= 4 is 17.4 Å². The number of hydrogen-bond donors (Lipinski definition) is 2. The Bertz CT molecular complexity index is 781. The Hall–Kier alpha value is -3.07. The molecule has 0 bridgehead atoms. The zero-order valence-corrected chi connectivity index (χ0v) is 16.2. The van der Waals surface area contributed by atoms with Gasteiger partial charge in [0.2, 0.25) is 5.75 Å². The number of anilines is 2. The number of ether oxygens (including phenoxy) is 4. The van der Waals surface area contributed by atoms with Crippen LogP contribution in [0.15, 0.2) is 24.5 Å². The van der Waals surface area contributed by atoms with E-state index in [0.717, 1.165) is 19.4 Å². The molecule has 28 heavy (non-hydrogen) atoms. The normalized spacial score (nSPS) is 15.8. The third-order valence-corrected chi connectivity index (χ3v) is 4.34. The molecule has 2 heterocycles. The summed E-state index contributed by atoms with van der Waals surface area (Å²) >= 11 is 0. The van der Waals surface area contributed by atoms with Crippen molar-refractivity contribution in [2.45, 2.75) is 18.9 Å². The van der Waals surface area contributed by atoms with Crippen molar-refractivity contribution in [3.63, 3.8) is 0 Å². The molecular formula is C19H24N4O5. The molecule has 2 N–H and O–H groups in total. The van der Waals surface area contributed by atoms with Gasteiger partial charge in [0.1, 0.15) is 11.5 Å². The lowest BCUT2D eigenvalue weighted by Gasteiger charge is -2.14. The molecule has 1 saturated heterocycles. The van der Waals surface area contributed by atoms with E-state index in [1.165, 1.54) is 33.7 Å². The maximum Gasteiger partial charge on any atom is 0.275 e. The van der Waals surface area contributed by atoms with Gasteiger partial charge in [-0.15, -0.1) is 0 Å². The van der Waals surface area contributed by atoms with Gasteiger partial charge >= 0.3 is 0 Å². The number of carbonyl (C=O) groups is 1. The summed E-state index contributed by atoms with van der Waals surface area (Å²) in [5.41, 5.74) is 0.679. The number of benzene rings is 1. The van der Waals surface area contributed by atoms with E-state index in [0.29, 0.717) is 35.3 Å². The van der Waals surface area contributed by atoms with Crippen molar-refractivity contribution in [3.05, 3.63) is 30.2 Å². The van der Waals surface area contributed by atoms with Crippen LogP contribution in [0.5, 0.6) is 17.2 Å². The Balaban J connectivity index is 1.65. The number of rotatable bonds is 8. The average Bonchev–Trinajstić information content (AvgIpc) is 3.25. The minimum absolute atomic E-state index is 0.191. The van der Waals surface area contributed by atoms with Crippen LogP contribution in [0.25, 0.3) is 0 Å². The number of nitrogens with zero attached hydrogens (tertiary/aromatic N) is 2. The number of hydrogen-bond acceptors (Lipinski definition) is 8. The average molecular weight is 388 g/mol. The van der Waals surface area contributed by atoms with Gasteiger partial charge in [-0.3, -0.25) is 4.79 Å². The Kier molecular flexibility index (Phi) is 6.49. The molecule has 0 aliphatic carbocycles. The SMILES string of the molecule is COc1cc(NC(=O)c2cnc(NCC3CCCO3)cn2)cc(OC)c1OC. The van der Waals surface area contributed by atoms with Crippen LogP contribution in [0.2, 0.25) is 0 Å². The fraction of sp³-hybridized carbons (Fsp3) is 0.421. The van der Waals surface area contributed by atoms with Crippen molar-refractivity contribution in [1.82, 2.24) is 9.97 Å². The molecule has 1 aliphatic rings. The molecule has 1 atom stereocenters. The van der Waals surface area contributed by atoms with Crippen molar-refractivity contribution in [2.75, 3.05) is 45.1 Å². The van der Waals surface area contributed by atoms with Gasteiger partial charge in [-0.2, -0.15) is 0 Å². The highest BCUT2D eigenvalue weighted by Gasteiger charge is 2.17. The monoisotopic (exact) mass is 388 g/mol. The lowest BCUT2D eigenvalue weighted by molar-refractivity contribution is 0.102. The van der Waals surface area contributed by atoms with Crippen LogP contribution in [0.1, 0.15) is 23.3 Å². The van der Waals surface area contributed by atoms with Crippen LogP contribution in [-0.4, -0.2) is 56.5 Å². The molecule has 0 saturated carbocycles. The lowest BCUT2D eigenvalue weighted by Crippen LogP contribution is -2.19. The molecule has 3 rings (SSSR count). The van der Waals surface area contributed by atoms with Crippen LogP contribution in [-0.2, 0) is 4.74 Å². The van der Waals surface area contributed by atoms with Gasteiger partial charge in [0.15, 0.2) is 11.5 Å². The maximum absolute atomic E-state index is 12.5. The molecule has 1 unspecified atom stereocenters. The van der Waals surface area contributed by atoms with E-state index in [2.05, 4.69) is 20.6 Å². The summed E-state index contributed by atoms with van der Waals surface area (Å²) in [5, 5.41) is 5.93. The maximum atomic E-state index is 12.5. The van der Waals surface area contributed by atoms with Crippen LogP contribution in [0.4, 0.5) is 11.5 Å². The fourth-order valence-electron chi connectivity index (χ4n) is 2.91. The first-order valence-corrected chi connectivity index (χ1v) is 8.93. The first-order chi connectivity index (χ1) is 13.6. The Morgan fingerprint density at radius 1 is 1.14 bits per heavy atom. The first kappa shape index (κ1) is 19.7. The molecule has 0 spiro atoms. The molecule has 1 aliphatic heterocycles. The number of nitrogens with one attached hydrogen (secondary N) is 2. The molecule has 0 radical (unpaired) electrons. The van der Waals surface area contributed by atoms with E-state index >= 15 is 0 Å². The largest absolute Gasteiger partial charge is 0.493 e. The number of aromatic nitrogens is 2. The van der Waals surface area contributed by atoms with Crippen LogP contribution < -0.4 is 24.8 Å². The van der Waals surface area contributed by atoms with Gasteiger partial charge < -0.3 is 29.6 Å². The smallest absolute Gasteiger partial charge is 0.275 e. The van der Waals surface area contributed by atoms with Gasteiger partial charge in [-0.05, 0) is 12.8 Å². The minimum Gasteiger partial charge on any atom is -0.493 e. The minimum atomic E-state index is -0.396. The molecule has 2 aromatic rings. The van der Waals surface area contributed by atoms with Crippen molar-refractivity contribution in [1.29, 1.82) is 0 Å². The highest BCUT2D eigenvalue weighted by Crippen LogP contribution is 2.39. The molecular weight excluding hydrogens is 364 g/mol. The zero-order valence-electron chi connectivity index (χ0n) is 16.2. The van der Waals surface area contributed by atoms with Gasteiger partial charge in [0.25, 0.3) is 5.91 Å². The zero-order chi connectivity index (χ0) is 19.9. The third-order valence-electron chi connectivity index (χ3n) is 4.34. The summed E-state index contributed by atoms with van der Waals surface area (Å²) in [6, 6.07) is 3.29. The van der Waals surface area contributed by atoms with E-state index in [-0.39, 0.29) is 11.8 Å². The molecule has 1 amide bonds. The summed E-state index contributed by atoms with van der Waals surface area (Å²) in [7, 11) is 4.54. The molecule has 150 valence electrons.